The van der Waals surface area contributed by atoms with Crippen LogP contribution in [-0.4, -0.2) is 37.6 Å². The summed E-state index contributed by atoms with van der Waals surface area (Å²) < 4.78 is 10.2. The van der Waals surface area contributed by atoms with Crippen molar-refractivity contribution in [1.82, 2.24) is 0 Å². The van der Waals surface area contributed by atoms with Crippen LogP contribution >= 0.6 is 12.2 Å². The van der Waals surface area contributed by atoms with Gasteiger partial charge in [0.1, 0.15) is 12.3 Å². The highest BCUT2D eigenvalue weighted by atomic mass is 32.1. The number of carbonyl (C=O) groups excluding carboxylic acids is 1. The van der Waals surface area contributed by atoms with Crippen LogP contribution in [0.15, 0.2) is 24.3 Å². The Morgan fingerprint density at radius 2 is 2.05 bits per heavy atom. The largest absolute Gasteiger partial charge is 0.497 e. The van der Waals surface area contributed by atoms with Gasteiger partial charge in [0.2, 0.25) is 0 Å². The minimum absolute atomic E-state index is 0.130. The van der Waals surface area contributed by atoms with E-state index in [1.54, 1.807) is 19.4 Å². The zero-order chi connectivity index (χ0) is 15.0. The van der Waals surface area contributed by atoms with Crippen molar-refractivity contribution in [3.8, 4) is 5.75 Å². The molecule has 20 heavy (non-hydrogen) atoms. The molecule has 1 atom stereocenters. The van der Waals surface area contributed by atoms with Gasteiger partial charge in [0.05, 0.1) is 13.7 Å². The lowest BCUT2D eigenvalue weighted by Crippen LogP contribution is -2.38. The minimum Gasteiger partial charge on any atom is -0.497 e. The Kier molecular flexibility index (Phi) is 7.01. The molecular formula is C15H21NO3S. The van der Waals surface area contributed by atoms with Crippen molar-refractivity contribution in [1.29, 1.82) is 0 Å². The average Bonchev–Trinajstić information content (AvgIpc) is 2.45. The molecule has 0 fully saturated rings. The van der Waals surface area contributed by atoms with Crippen molar-refractivity contribution in [2.75, 3.05) is 25.2 Å². The predicted molar refractivity (Wildman–Crippen MR) is 84.7 cm³/mol. The van der Waals surface area contributed by atoms with Gasteiger partial charge in [-0.15, -0.1) is 0 Å². The van der Waals surface area contributed by atoms with Crippen LogP contribution in [0.25, 0.3) is 0 Å². The van der Waals surface area contributed by atoms with Gasteiger partial charge in [0.15, 0.2) is 0 Å². The Morgan fingerprint density at radius 3 is 2.55 bits per heavy atom. The molecule has 1 aromatic carbocycles. The Hall–Kier alpha value is -1.62. The van der Waals surface area contributed by atoms with E-state index in [4.69, 9.17) is 21.7 Å². The van der Waals surface area contributed by atoms with E-state index in [1.807, 2.05) is 36.1 Å². The van der Waals surface area contributed by atoms with Gasteiger partial charge in [-0.1, -0.05) is 12.2 Å². The first-order valence-electron chi connectivity index (χ1n) is 6.62. The SMILES string of the molecule is CCOC(=O)CN(c1ccc(OC)cc1)C(C)CC=S. The molecule has 1 aromatic rings. The highest BCUT2D eigenvalue weighted by Crippen LogP contribution is 2.22. The first kappa shape index (κ1) is 16.4. The minimum atomic E-state index is -0.237. The number of carbonyl (C=O) groups is 1. The van der Waals surface area contributed by atoms with Crippen LogP contribution in [0.1, 0.15) is 20.3 Å². The van der Waals surface area contributed by atoms with Crippen LogP contribution < -0.4 is 9.64 Å². The van der Waals surface area contributed by atoms with Gasteiger partial charge in [0.25, 0.3) is 0 Å². The quantitative estimate of drug-likeness (QED) is 0.545. The number of thiocarbonyl (C=S) groups is 1. The van der Waals surface area contributed by atoms with E-state index < -0.39 is 0 Å². The molecule has 0 bridgehead atoms. The zero-order valence-electron chi connectivity index (χ0n) is 12.2. The van der Waals surface area contributed by atoms with Crippen molar-refractivity contribution >= 4 is 29.2 Å². The summed E-state index contributed by atoms with van der Waals surface area (Å²) in [5.74, 6) is 0.548. The molecule has 0 radical (unpaired) electrons. The summed E-state index contributed by atoms with van der Waals surface area (Å²) in [6.45, 7) is 4.43. The normalized spacial score (nSPS) is 11.6. The fourth-order valence-electron chi connectivity index (χ4n) is 1.89. The van der Waals surface area contributed by atoms with Gasteiger partial charge in [0, 0.05) is 11.7 Å². The Bertz CT molecular complexity index is 433. The Morgan fingerprint density at radius 1 is 1.40 bits per heavy atom. The van der Waals surface area contributed by atoms with Crippen LogP contribution in [0.3, 0.4) is 0 Å². The summed E-state index contributed by atoms with van der Waals surface area (Å²) in [4.78, 5) is 13.7. The molecule has 0 saturated heterocycles. The molecule has 0 aliphatic rings. The second-order valence-electron chi connectivity index (χ2n) is 4.38. The molecule has 0 aromatic heterocycles. The summed E-state index contributed by atoms with van der Waals surface area (Å²) >= 11 is 4.91. The standard InChI is InChI=1S/C15H21NO3S/c1-4-19-15(17)11-16(12(2)9-10-20)13-5-7-14(18-3)8-6-13/h5-8,10,12H,4,9,11H2,1-3H3. The molecular weight excluding hydrogens is 274 g/mol. The molecule has 0 heterocycles. The number of hydrogen-bond acceptors (Lipinski definition) is 5. The highest BCUT2D eigenvalue weighted by molar-refractivity contribution is 7.78. The number of benzene rings is 1. The number of esters is 1. The average molecular weight is 295 g/mol. The molecule has 0 saturated carbocycles. The summed E-state index contributed by atoms with van der Waals surface area (Å²) in [6.07, 6.45) is 0.723. The van der Waals surface area contributed by atoms with E-state index in [-0.39, 0.29) is 18.6 Å². The summed E-state index contributed by atoms with van der Waals surface area (Å²) in [5, 5.41) is 1.69. The molecule has 0 N–H and O–H groups in total. The van der Waals surface area contributed by atoms with E-state index in [2.05, 4.69) is 0 Å². The van der Waals surface area contributed by atoms with Gasteiger partial charge < -0.3 is 14.4 Å². The molecule has 0 aliphatic carbocycles. The van der Waals surface area contributed by atoms with Crippen LogP contribution in [0.2, 0.25) is 0 Å². The maximum Gasteiger partial charge on any atom is 0.325 e. The first-order chi connectivity index (χ1) is 9.62. The maximum atomic E-state index is 11.7. The fourth-order valence-corrected chi connectivity index (χ4v) is 2.17. The van der Waals surface area contributed by atoms with Crippen LogP contribution in [-0.2, 0) is 9.53 Å². The molecule has 4 nitrogen and oxygen atoms in total. The first-order valence-corrected chi connectivity index (χ1v) is 7.09. The lowest BCUT2D eigenvalue weighted by molar-refractivity contribution is -0.141. The number of anilines is 1. The molecule has 1 rings (SSSR count). The lowest BCUT2D eigenvalue weighted by Gasteiger charge is -2.29. The Balaban J connectivity index is 2.89. The van der Waals surface area contributed by atoms with Crippen molar-refractivity contribution in [2.45, 2.75) is 26.3 Å². The second-order valence-corrected chi connectivity index (χ2v) is 4.72. The smallest absolute Gasteiger partial charge is 0.325 e. The number of nitrogens with zero attached hydrogens (tertiary/aromatic N) is 1. The van der Waals surface area contributed by atoms with Gasteiger partial charge >= 0.3 is 5.97 Å². The van der Waals surface area contributed by atoms with Crippen molar-refractivity contribution < 1.29 is 14.3 Å². The van der Waals surface area contributed by atoms with Crippen LogP contribution in [0.4, 0.5) is 5.69 Å². The third kappa shape index (κ3) is 4.81. The summed E-state index contributed by atoms with van der Waals surface area (Å²) in [5.41, 5.74) is 0.947. The third-order valence-electron chi connectivity index (χ3n) is 2.98. The zero-order valence-corrected chi connectivity index (χ0v) is 13.0. The topological polar surface area (TPSA) is 38.8 Å². The summed E-state index contributed by atoms with van der Waals surface area (Å²) in [7, 11) is 1.63. The number of hydrogen-bond donors (Lipinski definition) is 0. The summed E-state index contributed by atoms with van der Waals surface area (Å²) in [6, 6.07) is 7.73. The third-order valence-corrected chi connectivity index (χ3v) is 3.17. The number of ether oxygens (including phenoxy) is 2. The van der Waals surface area contributed by atoms with Crippen molar-refractivity contribution in [3.63, 3.8) is 0 Å². The number of methoxy groups -OCH3 is 1. The van der Waals surface area contributed by atoms with E-state index in [0.29, 0.717) is 6.61 Å². The molecule has 0 spiro atoms. The maximum absolute atomic E-state index is 11.7. The second kappa shape index (κ2) is 8.53. The van der Waals surface area contributed by atoms with E-state index in [1.165, 1.54) is 0 Å². The molecule has 0 amide bonds. The molecule has 1 unspecified atom stereocenters. The van der Waals surface area contributed by atoms with E-state index in [9.17, 15) is 4.79 Å². The Labute approximate surface area is 125 Å². The number of rotatable bonds is 8. The van der Waals surface area contributed by atoms with Gasteiger partial charge in [-0.25, -0.2) is 0 Å². The lowest BCUT2D eigenvalue weighted by atomic mass is 10.2. The highest BCUT2D eigenvalue weighted by Gasteiger charge is 2.18. The molecule has 110 valence electrons. The molecule has 0 aliphatic heterocycles. The van der Waals surface area contributed by atoms with Gasteiger partial charge in [-0.2, -0.15) is 0 Å². The van der Waals surface area contributed by atoms with Gasteiger partial charge in [-0.3, -0.25) is 4.79 Å². The van der Waals surface area contributed by atoms with Crippen LogP contribution in [0, 0.1) is 0 Å². The fraction of sp³-hybridized carbons (Fsp3) is 0.467. The van der Waals surface area contributed by atoms with Crippen molar-refractivity contribution in [3.05, 3.63) is 24.3 Å². The molecule has 5 heteroatoms. The predicted octanol–water partition coefficient (Wildman–Crippen LogP) is 2.84. The monoisotopic (exact) mass is 295 g/mol. The van der Waals surface area contributed by atoms with E-state index in [0.717, 1.165) is 17.9 Å². The van der Waals surface area contributed by atoms with E-state index >= 15 is 0 Å². The van der Waals surface area contributed by atoms with Gasteiger partial charge in [-0.05, 0) is 49.9 Å². The van der Waals surface area contributed by atoms with Crippen LogP contribution in [0.5, 0.6) is 5.75 Å². The van der Waals surface area contributed by atoms with Crippen molar-refractivity contribution in [2.24, 2.45) is 0 Å².